The molecule has 0 spiro atoms. The molecule has 1 aliphatic carbocycles. The summed E-state index contributed by atoms with van der Waals surface area (Å²) in [6, 6.07) is 5.08. The Labute approximate surface area is 246 Å². The average molecular weight is 580 g/mol. The maximum absolute atomic E-state index is 14.6. The number of nitrogens with zero attached hydrogens (tertiary/aromatic N) is 4. The van der Waals surface area contributed by atoms with Gasteiger partial charge in [0.15, 0.2) is 10.9 Å². The molecule has 1 aromatic heterocycles. The Kier molecular flexibility index (Phi) is 8.16. The number of aromatic nitrogens is 1. The second kappa shape index (κ2) is 11.8. The van der Waals surface area contributed by atoms with Gasteiger partial charge in [-0.05, 0) is 49.9 Å². The Hall–Kier alpha value is -2.82. The minimum Gasteiger partial charge on any atom is -0.367 e. The summed E-state index contributed by atoms with van der Waals surface area (Å²) in [5.41, 5.74) is 8.69. The first-order valence-electron chi connectivity index (χ1n) is 15.1. The summed E-state index contributed by atoms with van der Waals surface area (Å²) in [6.45, 7) is 6.53. The van der Waals surface area contributed by atoms with Crippen molar-refractivity contribution in [2.45, 2.75) is 63.5 Å². The number of benzene rings is 1. The number of hydrogen-bond donors (Lipinski definition) is 1. The van der Waals surface area contributed by atoms with E-state index in [1.807, 2.05) is 12.1 Å². The predicted octanol–water partition coefficient (Wildman–Crippen LogP) is 3.53. The monoisotopic (exact) mass is 579 g/mol. The quantitative estimate of drug-likeness (QED) is 0.535. The van der Waals surface area contributed by atoms with Crippen LogP contribution in [-0.4, -0.2) is 90.9 Å². The van der Waals surface area contributed by atoms with Gasteiger partial charge in [0.25, 0.3) is 0 Å². The van der Waals surface area contributed by atoms with Crippen molar-refractivity contribution in [3.05, 3.63) is 34.7 Å². The normalized spacial score (nSPS) is 26.4. The lowest BCUT2D eigenvalue weighted by atomic mass is 9.74. The van der Waals surface area contributed by atoms with Crippen LogP contribution in [-0.2, 0) is 14.3 Å². The molecule has 3 saturated heterocycles. The summed E-state index contributed by atoms with van der Waals surface area (Å²) < 4.78 is 5.87. The molecule has 1 aromatic carbocycles. The number of likely N-dealkylation sites (N-methyl/N-ethyl adjacent to an activating group) is 1. The van der Waals surface area contributed by atoms with Crippen LogP contribution in [0.1, 0.15) is 67.3 Å². The van der Waals surface area contributed by atoms with Gasteiger partial charge < -0.3 is 25.2 Å². The van der Waals surface area contributed by atoms with E-state index in [2.05, 4.69) is 29.2 Å². The van der Waals surface area contributed by atoms with E-state index < -0.39 is 17.9 Å². The highest BCUT2D eigenvalue weighted by molar-refractivity contribution is 7.14. The number of ketones is 1. The number of Topliss-reactive ketones (excluding diaryl/α,β-unsaturated/α-hetero) is 1. The number of piperazine rings is 1. The molecular formula is C31H41N5O4S. The first-order chi connectivity index (χ1) is 19.9. The van der Waals surface area contributed by atoms with Crippen molar-refractivity contribution in [2.24, 2.45) is 17.6 Å². The van der Waals surface area contributed by atoms with E-state index in [9.17, 15) is 14.4 Å². The lowest BCUT2D eigenvalue weighted by Crippen LogP contribution is -2.46. The number of thiazole rings is 1. The Morgan fingerprint density at radius 1 is 1.15 bits per heavy atom. The van der Waals surface area contributed by atoms with Crippen molar-refractivity contribution >= 4 is 34.1 Å². The van der Waals surface area contributed by atoms with Crippen LogP contribution in [0.5, 0.6) is 0 Å². The van der Waals surface area contributed by atoms with Crippen molar-refractivity contribution in [3.8, 4) is 11.3 Å². The zero-order chi connectivity index (χ0) is 28.7. The highest BCUT2D eigenvalue weighted by Crippen LogP contribution is 2.43. The molecule has 3 aliphatic heterocycles. The summed E-state index contributed by atoms with van der Waals surface area (Å²) in [4.78, 5) is 51.7. The van der Waals surface area contributed by atoms with E-state index in [1.165, 1.54) is 0 Å². The van der Waals surface area contributed by atoms with Crippen molar-refractivity contribution < 1.29 is 19.1 Å². The Morgan fingerprint density at radius 2 is 1.90 bits per heavy atom. The van der Waals surface area contributed by atoms with Crippen LogP contribution in [0.3, 0.4) is 0 Å². The van der Waals surface area contributed by atoms with Crippen molar-refractivity contribution in [1.82, 2.24) is 14.8 Å². The largest absolute Gasteiger partial charge is 0.367 e. The van der Waals surface area contributed by atoms with Crippen LogP contribution in [0.2, 0.25) is 0 Å². The first-order valence-corrected chi connectivity index (χ1v) is 16.0. The number of carbonyl (C=O) groups is 3. The zero-order valence-corrected chi connectivity index (χ0v) is 24.9. The summed E-state index contributed by atoms with van der Waals surface area (Å²) in [6.07, 6.45) is 5.66. The van der Waals surface area contributed by atoms with Crippen LogP contribution in [0, 0.1) is 11.8 Å². The van der Waals surface area contributed by atoms with E-state index in [1.54, 1.807) is 22.3 Å². The lowest BCUT2D eigenvalue weighted by molar-refractivity contribution is -0.139. The van der Waals surface area contributed by atoms with Crippen molar-refractivity contribution in [1.29, 1.82) is 0 Å². The van der Waals surface area contributed by atoms with Crippen LogP contribution >= 0.6 is 11.3 Å². The third-order valence-electron chi connectivity index (χ3n) is 9.70. The second-order valence-electron chi connectivity index (χ2n) is 12.2. The maximum Gasteiger partial charge on any atom is 0.249 e. The van der Waals surface area contributed by atoms with Gasteiger partial charge in [0, 0.05) is 55.1 Å². The molecule has 9 nitrogen and oxygen atoms in total. The second-order valence-corrected chi connectivity index (χ2v) is 13.0. The molecule has 2 N–H and O–H groups in total. The number of carbonyl (C=O) groups excluding carboxylic acids is 3. The molecule has 41 heavy (non-hydrogen) atoms. The summed E-state index contributed by atoms with van der Waals surface area (Å²) >= 11 is 1.62. The maximum atomic E-state index is 14.6. The fraction of sp³-hybridized carbons (Fsp3) is 0.613. The predicted molar refractivity (Wildman–Crippen MR) is 159 cm³/mol. The number of hydrogen-bond acceptors (Lipinski definition) is 8. The molecule has 220 valence electrons. The summed E-state index contributed by atoms with van der Waals surface area (Å²) in [7, 11) is 2.14. The van der Waals surface area contributed by atoms with Crippen LogP contribution in [0.4, 0.5) is 5.13 Å². The zero-order valence-electron chi connectivity index (χ0n) is 24.1. The lowest BCUT2D eigenvalue weighted by Gasteiger charge is -2.35. The number of ether oxygens (including phenoxy) is 1. The standard InChI is InChI=1S/C31H41N5O4S/c1-3-19-16-36(27-25(37)17-40-28(19)27)30(39)26(20-7-5-4-6-8-20)23-15-21(9-10-22(23)29(32)38)24-18-41-31(33-24)35-13-11-34(2)12-14-35/h9-10,15,18-20,26-28H,3-8,11-14,16-17H2,1-2H3,(H2,32,38)/t19-,26+,27-,28-/m1/s1. The first kappa shape index (κ1) is 28.3. The summed E-state index contributed by atoms with van der Waals surface area (Å²) in [5, 5.41) is 3.04. The van der Waals surface area contributed by atoms with E-state index >= 15 is 0 Å². The minimum atomic E-state index is -0.543. The Balaban J connectivity index is 1.38. The number of nitrogens with two attached hydrogens (primary N) is 1. The molecule has 4 aliphatic rings. The molecule has 4 fully saturated rings. The van der Waals surface area contributed by atoms with Crippen molar-refractivity contribution in [2.75, 3.05) is 51.3 Å². The molecular weight excluding hydrogens is 538 g/mol. The molecule has 1 saturated carbocycles. The SMILES string of the molecule is CC[C@@H]1CN(C(=O)[C@H](c2cc(-c3csc(N4CCN(C)CC4)n3)ccc2C(N)=O)C2CCCCC2)[C@@H]2C(=O)CO[C@H]12. The highest BCUT2D eigenvalue weighted by Gasteiger charge is 2.53. The van der Waals surface area contributed by atoms with Gasteiger partial charge in [-0.15, -0.1) is 11.3 Å². The number of primary amides is 1. The van der Waals surface area contributed by atoms with E-state index in [0.29, 0.717) is 17.7 Å². The number of anilines is 1. The fourth-order valence-corrected chi connectivity index (χ4v) is 8.21. The average Bonchev–Trinajstić information content (AvgIpc) is 3.71. The van der Waals surface area contributed by atoms with Gasteiger partial charge in [-0.2, -0.15) is 0 Å². The van der Waals surface area contributed by atoms with Gasteiger partial charge in [-0.25, -0.2) is 4.98 Å². The van der Waals surface area contributed by atoms with Crippen LogP contribution in [0.25, 0.3) is 11.3 Å². The fourth-order valence-electron chi connectivity index (χ4n) is 7.32. The Bertz CT molecular complexity index is 1300. The van der Waals surface area contributed by atoms with Crippen LogP contribution < -0.4 is 10.6 Å². The molecule has 0 bridgehead atoms. The van der Waals surface area contributed by atoms with Gasteiger partial charge in [-0.3, -0.25) is 14.4 Å². The number of fused-ring (bicyclic) bond motifs is 1. The minimum absolute atomic E-state index is 0.0236. The molecule has 4 atom stereocenters. The number of amides is 2. The molecule has 0 unspecified atom stereocenters. The Morgan fingerprint density at radius 3 is 2.61 bits per heavy atom. The van der Waals surface area contributed by atoms with Crippen molar-refractivity contribution in [3.63, 3.8) is 0 Å². The summed E-state index contributed by atoms with van der Waals surface area (Å²) in [5.74, 6) is -0.965. The van der Waals surface area contributed by atoms with E-state index in [4.69, 9.17) is 15.5 Å². The molecule has 10 heteroatoms. The molecule has 6 rings (SSSR count). The van der Waals surface area contributed by atoms with E-state index in [-0.39, 0.29) is 36.2 Å². The van der Waals surface area contributed by atoms with Gasteiger partial charge in [0.1, 0.15) is 12.6 Å². The molecule has 2 aromatic rings. The van der Waals surface area contributed by atoms with Gasteiger partial charge >= 0.3 is 0 Å². The third kappa shape index (κ3) is 5.42. The smallest absolute Gasteiger partial charge is 0.249 e. The number of likely N-dealkylation sites (tertiary alicyclic amines) is 1. The van der Waals surface area contributed by atoms with Gasteiger partial charge in [0.05, 0.1) is 17.7 Å². The number of rotatable bonds is 7. The van der Waals surface area contributed by atoms with Gasteiger partial charge in [-0.1, -0.05) is 32.3 Å². The third-order valence-corrected chi connectivity index (χ3v) is 10.6. The molecule has 0 radical (unpaired) electrons. The molecule has 4 heterocycles. The highest BCUT2D eigenvalue weighted by atomic mass is 32.1. The van der Waals surface area contributed by atoms with E-state index in [0.717, 1.165) is 81.1 Å². The van der Waals surface area contributed by atoms with Crippen LogP contribution in [0.15, 0.2) is 23.6 Å². The van der Waals surface area contributed by atoms with Gasteiger partial charge in [0.2, 0.25) is 11.8 Å². The topological polar surface area (TPSA) is 109 Å². The molecule has 2 amide bonds.